The van der Waals surface area contributed by atoms with Crippen molar-refractivity contribution in [2.45, 2.75) is 39.2 Å². The van der Waals surface area contributed by atoms with Crippen LogP contribution in [0, 0.1) is 11.8 Å². The number of ether oxygens (including phenoxy) is 2. The quantitative estimate of drug-likeness (QED) is 0.604. The third kappa shape index (κ3) is 3.62. The van der Waals surface area contributed by atoms with E-state index in [9.17, 15) is 5.11 Å². The Kier molecular flexibility index (Phi) is 4.85. The van der Waals surface area contributed by atoms with Crippen LogP contribution in [0.25, 0.3) is 10.9 Å². The summed E-state index contributed by atoms with van der Waals surface area (Å²) in [6.07, 6.45) is 6.26. The summed E-state index contributed by atoms with van der Waals surface area (Å²) < 4.78 is 11.7. The molecule has 30 heavy (non-hydrogen) atoms. The Morgan fingerprint density at radius 2 is 2.07 bits per heavy atom. The summed E-state index contributed by atoms with van der Waals surface area (Å²) in [5.74, 6) is 2.65. The molecule has 2 aliphatic rings. The van der Waals surface area contributed by atoms with Crippen LogP contribution in [0.15, 0.2) is 30.5 Å². The van der Waals surface area contributed by atoms with Gasteiger partial charge in [0, 0.05) is 35.6 Å². The van der Waals surface area contributed by atoms with Crippen molar-refractivity contribution >= 4 is 16.6 Å². The number of hydrogen-bond acceptors (Lipinski definition) is 6. The number of hydrogen-bond donors (Lipinski definition) is 2. The summed E-state index contributed by atoms with van der Waals surface area (Å²) in [6, 6.07) is 7.55. The number of nitrogens with zero attached hydrogens (tertiary/aromatic N) is 2. The van der Waals surface area contributed by atoms with Gasteiger partial charge < -0.3 is 19.9 Å². The fourth-order valence-electron chi connectivity index (χ4n) is 4.24. The third-order valence-electron chi connectivity index (χ3n) is 6.07. The summed E-state index contributed by atoms with van der Waals surface area (Å²) in [4.78, 5) is 8.89. The van der Waals surface area contributed by atoms with Crippen molar-refractivity contribution in [1.29, 1.82) is 0 Å². The zero-order valence-electron chi connectivity index (χ0n) is 17.4. The number of aromatic nitrogens is 2. The molecule has 2 aliphatic carbocycles. The lowest BCUT2D eigenvalue weighted by molar-refractivity contribution is 0.278. The number of aromatic hydroxyl groups is 1. The van der Waals surface area contributed by atoms with Gasteiger partial charge in [-0.15, -0.1) is 0 Å². The van der Waals surface area contributed by atoms with Crippen LogP contribution in [0.2, 0.25) is 0 Å². The van der Waals surface area contributed by atoms with Gasteiger partial charge in [-0.05, 0) is 61.3 Å². The number of pyridine rings is 2. The fraction of sp³-hybridized carbons (Fsp3) is 0.417. The molecule has 0 amide bonds. The lowest BCUT2D eigenvalue weighted by Crippen LogP contribution is -2.08. The summed E-state index contributed by atoms with van der Waals surface area (Å²) >= 11 is 0. The van der Waals surface area contributed by atoms with Gasteiger partial charge in [-0.3, -0.25) is 4.98 Å². The van der Waals surface area contributed by atoms with E-state index in [0.717, 1.165) is 36.2 Å². The molecular weight excluding hydrogens is 378 g/mol. The number of rotatable bonds is 7. The molecule has 1 unspecified atom stereocenters. The van der Waals surface area contributed by atoms with Crippen LogP contribution in [0.5, 0.6) is 17.4 Å². The predicted molar refractivity (Wildman–Crippen MR) is 116 cm³/mol. The van der Waals surface area contributed by atoms with E-state index in [1.54, 1.807) is 25.4 Å². The van der Waals surface area contributed by atoms with Gasteiger partial charge in [-0.2, -0.15) is 0 Å². The van der Waals surface area contributed by atoms with Crippen molar-refractivity contribution in [2.24, 2.45) is 11.8 Å². The van der Waals surface area contributed by atoms with E-state index in [1.807, 2.05) is 12.1 Å². The molecule has 2 heterocycles. The SMILES string of the molecule is COc1cc2c(NCC3CC3)c3c(nc2cc1OCc1cccnc1O)CC(C)C3. The summed E-state index contributed by atoms with van der Waals surface area (Å²) in [7, 11) is 1.65. The molecule has 1 saturated carbocycles. The predicted octanol–water partition coefficient (Wildman–Crippen LogP) is 4.48. The van der Waals surface area contributed by atoms with Gasteiger partial charge in [0.25, 0.3) is 0 Å². The molecule has 0 radical (unpaired) electrons. The molecule has 6 heteroatoms. The van der Waals surface area contributed by atoms with E-state index < -0.39 is 0 Å². The number of anilines is 1. The maximum Gasteiger partial charge on any atom is 0.217 e. The Labute approximate surface area is 176 Å². The molecule has 2 N–H and O–H groups in total. The van der Waals surface area contributed by atoms with E-state index in [0.29, 0.717) is 23.0 Å². The smallest absolute Gasteiger partial charge is 0.217 e. The highest BCUT2D eigenvalue weighted by Gasteiger charge is 2.27. The molecule has 0 spiro atoms. The Morgan fingerprint density at radius 1 is 1.20 bits per heavy atom. The van der Waals surface area contributed by atoms with E-state index in [2.05, 4.69) is 17.2 Å². The molecular formula is C24H27N3O3. The van der Waals surface area contributed by atoms with Gasteiger partial charge in [0.15, 0.2) is 11.5 Å². The maximum absolute atomic E-state index is 9.92. The average Bonchev–Trinajstić information content (AvgIpc) is 3.49. The highest BCUT2D eigenvalue weighted by atomic mass is 16.5. The minimum atomic E-state index is -0.0197. The first kappa shape index (κ1) is 19.0. The second-order valence-corrected chi connectivity index (χ2v) is 8.54. The number of nitrogens with one attached hydrogen (secondary N) is 1. The monoisotopic (exact) mass is 405 g/mol. The first-order valence-corrected chi connectivity index (χ1v) is 10.7. The standard InChI is InChI=1S/C24H27N3O3/c1-14-8-17-19(9-14)27-20-11-22(30-13-16-4-3-7-25-24(16)28)21(29-2)10-18(20)23(17)26-12-15-5-6-15/h3-4,7,10-11,14-15H,5-6,8-9,12-13H2,1-2H3,(H,25,28)(H,26,27). The van der Waals surface area contributed by atoms with E-state index in [-0.39, 0.29) is 12.5 Å². The number of fused-ring (bicyclic) bond motifs is 2. The summed E-state index contributed by atoms with van der Waals surface area (Å²) in [5, 5.41) is 14.7. The summed E-state index contributed by atoms with van der Waals surface area (Å²) in [5.41, 5.74) is 5.29. The Bertz CT molecular complexity index is 1090. The van der Waals surface area contributed by atoms with Crippen molar-refractivity contribution in [2.75, 3.05) is 19.0 Å². The van der Waals surface area contributed by atoms with Gasteiger partial charge in [0.2, 0.25) is 5.88 Å². The van der Waals surface area contributed by atoms with Crippen LogP contribution >= 0.6 is 0 Å². The maximum atomic E-state index is 9.92. The third-order valence-corrected chi connectivity index (χ3v) is 6.07. The molecule has 0 aliphatic heterocycles. The molecule has 3 aromatic rings. The lowest BCUT2D eigenvalue weighted by Gasteiger charge is -2.17. The van der Waals surface area contributed by atoms with Gasteiger partial charge in [0.1, 0.15) is 6.61 Å². The van der Waals surface area contributed by atoms with Crippen molar-refractivity contribution in [3.63, 3.8) is 0 Å². The first-order valence-electron chi connectivity index (χ1n) is 10.7. The highest BCUT2D eigenvalue weighted by Crippen LogP contribution is 2.41. The average molecular weight is 405 g/mol. The van der Waals surface area contributed by atoms with E-state index in [1.165, 1.54) is 29.8 Å². The van der Waals surface area contributed by atoms with Crippen molar-refractivity contribution in [1.82, 2.24) is 9.97 Å². The molecule has 0 bridgehead atoms. The minimum Gasteiger partial charge on any atom is -0.493 e. The first-order chi connectivity index (χ1) is 14.6. The van der Waals surface area contributed by atoms with Crippen molar-refractivity contribution < 1.29 is 14.6 Å². The van der Waals surface area contributed by atoms with Crippen molar-refractivity contribution in [3.8, 4) is 17.4 Å². The Balaban J connectivity index is 1.53. The molecule has 1 atom stereocenters. The zero-order chi connectivity index (χ0) is 20.7. The second-order valence-electron chi connectivity index (χ2n) is 8.54. The normalized spacial score (nSPS) is 17.7. The van der Waals surface area contributed by atoms with Gasteiger partial charge in [-0.1, -0.05) is 6.92 Å². The highest BCUT2D eigenvalue weighted by molar-refractivity contribution is 5.96. The van der Waals surface area contributed by atoms with Crippen LogP contribution in [0.3, 0.4) is 0 Å². The molecule has 5 rings (SSSR count). The number of methoxy groups -OCH3 is 1. The minimum absolute atomic E-state index is 0.0197. The second kappa shape index (κ2) is 7.67. The molecule has 156 valence electrons. The van der Waals surface area contributed by atoms with E-state index in [4.69, 9.17) is 14.5 Å². The molecule has 0 saturated heterocycles. The van der Waals surface area contributed by atoms with Gasteiger partial charge >= 0.3 is 0 Å². The van der Waals surface area contributed by atoms with Gasteiger partial charge in [0.05, 0.1) is 18.2 Å². The van der Waals surface area contributed by atoms with Crippen LogP contribution in [-0.2, 0) is 19.4 Å². The lowest BCUT2D eigenvalue weighted by atomic mass is 10.0. The summed E-state index contributed by atoms with van der Waals surface area (Å²) in [6.45, 7) is 3.50. The van der Waals surface area contributed by atoms with Crippen LogP contribution in [0.1, 0.15) is 36.6 Å². The molecule has 6 nitrogen and oxygen atoms in total. The van der Waals surface area contributed by atoms with Gasteiger partial charge in [-0.25, -0.2) is 4.98 Å². The largest absolute Gasteiger partial charge is 0.493 e. The Morgan fingerprint density at radius 3 is 2.83 bits per heavy atom. The van der Waals surface area contributed by atoms with E-state index >= 15 is 0 Å². The fourth-order valence-corrected chi connectivity index (χ4v) is 4.24. The van der Waals surface area contributed by atoms with Crippen LogP contribution in [0.4, 0.5) is 5.69 Å². The molecule has 1 fully saturated rings. The van der Waals surface area contributed by atoms with Crippen LogP contribution in [-0.4, -0.2) is 28.7 Å². The topological polar surface area (TPSA) is 76.5 Å². The molecule has 1 aromatic carbocycles. The Hall–Kier alpha value is -3.02. The molecule has 2 aromatic heterocycles. The van der Waals surface area contributed by atoms with Crippen molar-refractivity contribution in [3.05, 3.63) is 47.3 Å². The van der Waals surface area contributed by atoms with Crippen LogP contribution < -0.4 is 14.8 Å². The zero-order valence-corrected chi connectivity index (χ0v) is 17.4. The number of benzene rings is 1.